The monoisotopic (exact) mass is 277 g/mol. The molecule has 1 aromatic carbocycles. The molecule has 0 atom stereocenters. The van der Waals surface area contributed by atoms with Crippen LogP contribution in [-0.2, 0) is 16.0 Å². The van der Waals surface area contributed by atoms with Gasteiger partial charge in [-0.2, -0.15) is 0 Å². The summed E-state index contributed by atoms with van der Waals surface area (Å²) in [6.45, 7) is 3.39. The summed E-state index contributed by atoms with van der Waals surface area (Å²) in [6, 6.07) is 7.78. The van der Waals surface area contributed by atoms with Gasteiger partial charge in [-0.3, -0.25) is 9.59 Å². The summed E-state index contributed by atoms with van der Waals surface area (Å²) in [5, 5.41) is 5.36. The zero-order chi connectivity index (χ0) is 15.0. The van der Waals surface area contributed by atoms with Crippen LogP contribution >= 0.6 is 0 Å². The smallest absolute Gasteiger partial charge is 0.239 e. The Labute approximate surface area is 120 Å². The fourth-order valence-corrected chi connectivity index (χ4v) is 1.61. The quantitative estimate of drug-likeness (QED) is 0.755. The van der Waals surface area contributed by atoms with Gasteiger partial charge in [-0.1, -0.05) is 29.8 Å². The second-order valence-electron chi connectivity index (χ2n) is 5.09. The summed E-state index contributed by atoms with van der Waals surface area (Å²) in [7, 11) is 3.88. The van der Waals surface area contributed by atoms with Crippen molar-refractivity contribution in [2.45, 2.75) is 13.3 Å². The lowest BCUT2D eigenvalue weighted by atomic mass is 10.1. The molecule has 2 amide bonds. The maximum absolute atomic E-state index is 11.7. The number of carbonyl (C=O) groups is 2. The Morgan fingerprint density at radius 3 is 2.30 bits per heavy atom. The second kappa shape index (κ2) is 8.32. The highest BCUT2D eigenvalue weighted by atomic mass is 16.2. The van der Waals surface area contributed by atoms with Crippen molar-refractivity contribution in [2.75, 3.05) is 33.7 Å². The van der Waals surface area contributed by atoms with Gasteiger partial charge in [0.1, 0.15) is 0 Å². The number of rotatable bonds is 7. The lowest BCUT2D eigenvalue weighted by Gasteiger charge is -2.10. The number of benzene rings is 1. The maximum Gasteiger partial charge on any atom is 0.239 e. The number of amides is 2. The first-order chi connectivity index (χ1) is 9.47. The first kappa shape index (κ1) is 16.2. The van der Waals surface area contributed by atoms with E-state index < -0.39 is 0 Å². The van der Waals surface area contributed by atoms with Crippen LogP contribution in [0.15, 0.2) is 24.3 Å². The molecule has 1 aromatic rings. The van der Waals surface area contributed by atoms with Crippen molar-refractivity contribution in [3.63, 3.8) is 0 Å². The van der Waals surface area contributed by atoms with E-state index >= 15 is 0 Å². The van der Waals surface area contributed by atoms with Gasteiger partial charge < -0.3 is 15.5 Å². The first-order valence-corrected chi connectivity index (χ1v) is 6.71. The fraction of sp³-hybridized carbons (Fsp3) is 0.467. The van der Waals surface area contributed by atoms with Crippen LogP contribution in [0.2, 0.25) is 0 Å². The molecule has 0 unspecified atom stereocenters. The first-order valence-electron chi connectivity index (χ1n) is 6.71. The number of hydrogen-bond acceptors (Lipinski definition) is 3. The van der Waals surface area contributed by atoms with Crippen molar-refractivity contribution in [2.24, 2.45) is 0 Å². The summed E-state index contributed by atoms with van der Waals surface area (Å²) in [4.78, 5) is 25.1. The highest BCUT2D eigenvalue weighted by Crippen LogP contribution is 2.03. The number of nitrogens with one attached hydrogen (secondary N) is 2. The maximum atomic E-state index is 11.7. The second-order valence-corrected chi connectivity index (χ2v) is 5.09. The Kier molecular flexibility index (Phi) is 6.73. The molecule has 20 heavy (non-hydrogen) atoms. The molecule has 0 saturated carbocycles. The molecular formula is C15H23N3O2. The normalized spacial score (nSPS) is 10.4. The molecular weight excluding hydrogens is 254 g/mol. The summed E-state index contributed by atoms with van der Waals surface area (Å²) in [6.07, 6.45) is 0.297. The van der Waals surface area contributed by atoms with E-state index in [2.05, 4.69) is 10.6 Å². The van der Waals surface area contributed by atoms with Crippen LogP contribution in [0.5, 0.6) is 0 Å². The summed E-state index contributed by atoms with van der Waals surface area (Å²) >= 11 is 0. The third-order valence-corrected chi connectivity index (χ3v) is 2.81. The molecule has 2 N–H and O–H groups in total. The van der Waals surface area contributed by atoms with Gasteiger partial charge in [0.25, 0.3) is 0 Å². The minimum atomic E-state index is -0.163. The van der Waals surface area contributed by atoms with Gasteiger partial charge in [0.15, 0.2) is 0 Å². The molecule has 0 aliphatic carbocycles. The van der Waals surface area contributed by atoms with Crippen molar-refractivity contribution >= 4 is 11.8 Å². The Hall–Kier alpha value is -1.88. The molecule has 0 bridgehead atoms. The Balaban J connectivity index is 2.22. The standard InChI is InChI=1S/C15H23N3O2/c1-12-4-6-13(7-5-12)10-14(19)17-11-15(20)16-8-9-18(2)3/h4-7H,8-11H2,1-3H3,(H,16,20)(H,17,19). The van der Waals surface area contributed by atoms with E-state index in [1.807, 2.05) is 50.2 Å². The van der Waals surface area contributed by atoms with Crippen molar-refractivity contribution in [1.82, 2.24) is 15.5 Å². The summed E-state index contributed by atoms with van der Waals surface area (Å²) in [5.74, 6) is -0.305. The van der Waals surface area contributed by atoms with Crippen molar-refractivity contribution in [3.05, 3.63) is 35.4 Å². The average Bonchev–Trinajstić information content (AvgIpc) is 2.39. The van der Waals surface area contributed by atoms with E-state index in [9.17, 15) is 9.59 Å². The largest absolute Gasteiger partial charge is 0.353 e. The highest BCUT2D eigenvalue weighted by molar-refractivity contribution is 5.85. The minimum absolute atomic E-state index is 0.0259. The molecule has 5 heteroatoms. The summed E-state index contributed by atoms with van der Waals surface area (Å²) < 4.78 is 0. The highest BCUT2D eigenvalue weighted by Gasteiger charge is 2.06. The van der Waals surface area contributed by atoms with Crippen molar-refractivity contribution < 1.29 is 9.59 Å². The van der Waals surface area contributed by atoms with Crippen LogP contribution in [0.25, 0.3) is 0 Å². The molecule has 0 saturated heterocycles. The molecule has 0 radical (unpaired) electrons. The number of hydrogen-bond donors (Lipinski definition) is 2. The van der Waals surface area contributed by atoms with Crippen LogP contribution in [0.4, 0.5) is 0 Å². The molecule has 110 valence electrons. The third kappa shape index (κ3) is 6.89. The molecule has 0 spiro atoms. The van der Waals surface area contributed by atoms with Gasteiger partial charge in [0, 0.05) is 13.1 Å². The molecule has 0 aliphatic heterocycles. The van der Waals surface area contributed by atoms with Gasteiger partial charge in [0.05, 0.1) is 13.0 Å². The number of aryl methyl sites for hydroxylation is 1. The van der Waals surface area contributed by atoms with E-state index in [0.717, 1.165) is 17.7 Å². The Bertz CT molecular complexity index is 441. The fourth-order valence-electron chi connectivity index (χ4n) is 1.61. The lowest BCUT2D eigenvalue weighted by Crippen LogP contribution is -2.39. The molecule has 0 aromatic heterocycles. The topological polar surface area (TPSA) is 61.4 Å². The number of carbonyl (C=O) groups excluding carboxylic acids is 2. The molecule has 0 fully saturated rings. The van der Waals surface area contributed by atoms with Crippen molar-refractivity contribution in [3.8, 4) is 0 Å². The van der Waals surface area contributed by atoms with Crippen LogP contribution in [0.3, 0.4) is 0 Å². The minimum Gasteiger partial charge on any atom is -0.353 e. The van der Waals surface area contributed by atoms with Crippen molar-refractivity contribution in [1.29, 1.82) is 0 Å². The number of likely N-dealkylation sites (N-methyl/N-ethyl adjacent to an activating group) is 1. The van der Waals surface area contributed by atoms with Crippen LogP contribution < -0.4 is 10.6 Å². The average molecular weight is 277 g/mol. The molecule has 0 heterocycles. The van der Waals surface area contributed by atoms with Gasteiger partial charge in [-0.25, -0.2) is 0 Å². The van der Waals surface area contributed by atoms with Gasteiger partial charge in [-0.05, 0) is 26.6 Å². The summed E-state index contributed by atoms with van der Waals surface area (Å²) in [5.41, 5.74) is 2.11. The Morgan fingerprint density at radius 2 is 1.70 bits per heavy atom. The number of nitrogens with zero attached hydrogens (tertiary/aromatic N) is 1. The van der Waals surface area contributed by atoms with Crippen LogP contribution in [0.1, 0.15) is 11.1 Å². The van der Waals surface area contributed by atoms with Gasteiger partial charge in [0.2, 0.25) is 11.8 Å². The SMILES string of the molecule is Cc1ccc(CC(=O)NCC(=O)NCCN(C)C)cc1. The predicted octanol–water partition coefficient (Wildman–Crippen LogP) is 0.332. The van der Waals surface area contributed by atoms with E-state index in [0.29, 0.717) is 13.0 Å². The van der Waals surface area contributed by atoms with Gasteiger partial charge >= 0.3 is 0 Å². The molecule has 5 nitrogen and oxygen atoms in total. The van der Waals surface area contributed by atoms with E-state index in [1.54, 1.807) is 0 Å². The Morgan fingerprint density at radius 1 is 1.05 bits per heavy atom. The van der Waals surface area contributed by atoms with Crippen LogP contribution in [-0.4, -0.2) is 50.4 Å². The van der Waals surface area contributed by atoms with E-state index in [-0.39, 0.29) is 18.4 Å². The molecule has 0 aliphatic rings. The zero-order valence-electron chi connectivity index (χ0n) is 12.4. The predicted molar refractivity (Wildman–Crippen MR) is 79.5 cm³/mol. The molecule has 1 rings (SSSR count). The zero-order valence-corrected chi connectivity index (χ0v) is 12.4. The third-order valence-electron chi connectivity index (χ3n) is 2.81. The van der Waals surface area contributed by atoms with Gasteiger partial charge in [-0.15, -0.1) is 0 Å². The lowest BCUT2D eigenvalue weighted by molar-refractivity contribution is -0.125. The van der Waals surface area contributed by atoms with E-state index in [4.69, 9.17) is 0 Å². The van der Waals surface area contributed by atoms with E-state index in [1.165, 1.54) is 0 Å². The van der Waals surface area contributed by atoms with Crippen LogP contribution in [0, 0.1) is 6.92 Å².